The molecule has 98 valence electrons. The largest absolute Gasteiger partial charge is 0.452 e. The van der Waals surface area contributed by atoms with Gasteiger partial charge in [0.05, 0.1) is 11.0 Å². The molecule has 0 bridgehead atoms. The summed E-state index contributed by atoms with van der Waals surface area (Å²) in [5.74, 6) is 0.935. The summed E-state index contributed by atoms with van der Waals surface area (Å²) in [6.07, 6.45) is 0. The fourth-order valence-corrected chi connectivity index (χ4v) is 2.57. The molecule has 1 aromatic heterocycles. The summed E-state index contributed by atoms with van der Waals surface area (Å²) < 4.78 is 7.22. The SMILES string of the molecule is CN(C)CC(C)(C)CNCc1cc(Br)c(Br)o1. The number of rotatable bonds is 6. The molecule has 1 aromatic rings. The zero-order chi connectivity index (χ0) is 13.1. The molecule has 0 aromatic carbocycles. The maximum Gasteiger partial charge on any atom is 0.183 e. The van der Waals surface area contributed by atoms with Gasteiger partial charge in [0.25, 0.3) is 0 Å². The standard InChI is InChI=1S/C12H20Br2N2O/c1-12(2,8-16(3)4)7-15-6-9-5-10(13)11(14)17-9/h5,15H,6-8H2,1-4H3. The van der Waals surface area contributed by atoms with E-state index in [0.717, 1.165) is 34.5 Å². The van der Waals surface area contributed by atoms with Gasteiger partial charge >= 0.3 is 0 Å². The second-order valence-corrected chi connectivity index (χ2v) is 6.91. The predicted molar refractivity (Wildman–Crippen MR) is 78.1 cm³/mol. The zero-order valence-electron chi connectivity index (χ0n) is 10.8. The highest BCUT2D eigenvalue weighted by Crippen LogP contribution is 2.26. The second-order valence-electron chi connectivity index (χ2n) is 5.34. The number of nitrogens with zero attached hydrogens (tertiary/aromatic N) is 1. The van der Waals surface area contributed by atoms with Crippen molar-refractivity contribution in [2.75, 3.05) is 27.2 Å². The number of hydrogen-bond donors (Lipinski definition) is 1. The van der Waals surface area contributed by atoms with Gasteiger partial charge in [0.1, 0.15) is 5.76 Å². The Bertz CT molecular complexity index is 342. The molecular formula is C12H20Br2N2O. The van der Waals surface area contributed by atoms with Crippen molar-refractivity contribution in [1.82, 2.24) is 10.2 Å². The van der Waals surface area contributed by atoms with Crippen LogP contribution >= 0.6 is 31.9 Å². The molecular weight excluding hydrogens is 348 g/mol. The van der Waals surface area contributed by atoms with Gasteiger partial charge in [0.15, 0.2) is 4.67 Å². The van der Waals surface area contributed by atoms with Crippen LogP contribution in [0, 0.1) is 5.41 Å². The van der Waals surface area contributed by atoms with E-state index in [0.29, 0.717) is 0 Å². The third kappa shape index (κ3) is 5.55. The zero-order valence-corrected chi connectivity index (χ0v) is 14.0. The molecule has 0 aliphatic rings. The van der Waals surface area contributed by atoms with Gasteiger partial charge in [-0.3, -0.25) is 0 Å². The van der Waals surface area contributed by atoms with Gasteiger partial charge in [0, 0.05) is 13.1 Å². The van der Waals surface area contributed by atoms with Crippen LogP contribution in [0.5, 0.6) is 0 Å². The Hall–Kier alpha value is 0.160. The summed E-state index contributed by atoms with van der Waals surface area (Å²) in [4.78, 5) is 2.21. The lowest BCUT2D eigenvalue weighted by molar-refractivity contribution is 0.230. The molecule has 5 heteroatoms. The predicted octanol–water partition coefficient (Wildman–Crippen LogP) is 3.48. The quantitative estimate of drug-likeness (QED) is 0.834. The second kappa shape index (κ2) is 6.36. The lowest BCUT2D eigenvalue weighted by Crippen LogP contribution is -2.37. The Balaban J connectivity index is 2.37. The van der Waals surface area contributed by atoms with Crippen LogP contribution in [-0.4, -0.2) is 32.1 Å². The molecule has 0 atom stereocenters. The van der Waals surface area contributed by atoms with E-state index < -0.39 is 0 Å². The van der Waals surface area contributed by atoms with Crippen LogP contribution in [0.1, 0.15) is 19.6 Å². The third-order valence-electron chi connectivity index (χ3n) is 2.34. The van der Waals surface area contributed by atoms with Crippen molar-refractivity contribution in [2.24, 2.45) is 5.41 Å². The average Bonchev–Trinajstić information content (AvgIpc) is 2.43. The molecule has 0 amide bonds. The fraction of sp³-hybridized carbons (Fsp3) is 0.667. The maximum atomic E-state index is 5.51. The summed E-state index contributed by atoms with van der Waals surface area (Å²) in [6, 6.07) is 1.98. The van der Waals surface area contributed by atoms with Crippen molar-refractivity contribution in [3.63, 3.8) is 0 Å². The van der Waals surface area contributed by atoms with E-state index in [1.54, 1.807) is 0 Å². The summed E-state index contributed by atoms with van der Waals surface area (Å²) in [7, 11) is 4.20. The molecule has 0 fully saturated rings. The van der Waals surface area contributed by atoms with Crippen LogP contribution in [0.3, 0.4) is 0 Å². The molecule has 3 nitrogen and oxygen atoms in total. The van der Waals surface area contributed by atoms with E-state index in [9.17, 15) is 0 Å². The van der Waals surface area contributed by atoms with Crippen molar-refractivity contribution in [3.05, 3.63) is 21.0 Å². The van der Waals surface area contributed by atoms with Gasteiger partial charge < -0.3 is 14.6 Å². The van der Waals surface area contributed by atoms with E-state index in [1.807, 2.05) is 6.07 Å². The summed E-state index contributed by atoms with van der Waals surface area (Å²) in [5, 5.41) is 3.43. The molecule has 0 saturated carbocycles. The highest BCUT2D eigenvalue weighted by molar-refractivity contribution is 9.13. The Morgan fingerprint density at radius 1 is 1.35 bits per heavy atom. The van der Waals surface area contributed by atoms with Gasteiger partial charge in [-0.2, -0.15) is 0 Å². The first-order valence-corrected chi connectivity index (χ1v) is 7.18. The monoisotopic (exact) mass is 366 g/mol. The third-order valence-corrected chi connectivity index (χ3v) is 4.05. The highest BCUT2D eigenvalue weighted by Gasteiger charge is 2.18. The minimum atomic E-state index is 0.255. The summed E-state index contributed by atoms with van der Waals surface area (Å²) >= 11 is 6.74. The lowest BCUT2D eigenvalue weighted by Gasteiger charge is -2.28. The molecule has 0 saturated heterocycles. The molecule has 1 rings (SSSR count). The molecule has 0 aliphatic carbocycles. The van der Waals surface area contributed by atoms with Crippen molar-refractivity contribution < 1.29 is 4.42 Å². The van der Waals surface area contributed by atoms with Gasteiger partial charge in [-0.15, -0.1) is 0 Å². The molecule has 1 N–H and O–H groups in total. The van der Waals surface area contributed by atoms with E-state index in [1.165, 1.54) is 0 Å². The molecule has 0 aliphatic heterocycles. The van der Waals surface area contributed by atoms with Crippen LogP contribution in [0.15, 0.2) is 19.6 Å². The number of nitrogens with one attached hydrogen (secondary N) is 1. The van der Waals surface area contributed by atoms with Gasteiger partial charge in [-0.25, -0.2) is 0 Å². The molecule has 0 radical (unpaired) electrons. The molecule has 0 spiro atoms. The first kappa shape index (κ1) is 15.2. The normalized spacial score (nSPS) is 12.4. The number of halogens is 2. The number of hydrogen-bond acceptors (Lipinski definition) is 3. The van der Waals surface area contributed by atoms with Gasteiger partial charge in [-0.1, -0.05) is 13.8 Å². The van der Waals surface area contributed by atoms with Crippen LogP contribution in [0.2, 0.25) is 0 Å². The Morgan fingerprint density at radius 2 is 2.00 bits per heavy atom. The van der Waals surface area contributed by atoms with Crippen LogP contribution < -0.4 is 5.32 Å². The minimum Gasteiger partial charge on any atom is -0.452 e. The summed E-state index contributed by atoms with van der Waals surface area (Å²) in [5.41, 5.74) is 0.255. The molecule has 17 heavy (non-hydrogen) atoms. The van der Waals surface area contributed by atoms with Gasteiger partial charge in [-0.05, 0) is 57.4 Å². The van der Waals surface area contributed by atoms with Crippen molar-refractivity contribution in [3.8, 4) is 0 Å². The minimum absolute atomic E-state index is 0.255. The number of furan rings is 1. The average molecular weight is 368 g/mol. The fourth-order valence-electron chi connectivity index (χ4n) is 1.91. The topological polar surface area (TPSA) is 28.4 Å². The Kier molecular flexibility index (Phi) is 5.70. The Morgan fingerprint density at radius 3 is 2.47 bits per heavy atom. The van der Waals surface area contributed by atoms with E-state index >= 15 is 0 Å². The first-order chi connectivity index (χ1) is 7.80. The van der Waals surface area contributed by atoms with Crippen LogP contribution in [-0.2, 0) is 6.54 Å². The van der Waals surface area contributed by atoms with E-state index in [-0.39, 0.29) is 5.41 Å². The Labute approximate surface area is 120 Å². The molecule has 1 heterocycles. The van der Waals surface area contributed by atoms with Gasteiger partial charge in [0.2, 0.25) is 0 Å². The van der Waals surface area contributed by atoms with Crippen molar-refractivity contribution >= 4 is 31.9 Å². The van der Waals surface area contributed by atoms with Crippen molar-refractivity contribution in [1.29, 1.82) is 0 Å². The van der Waals surface area contributed by atoms with Crippen LogP contribution in [0.4, 0.5) is 0 Å². The maximum absolute atomic E-state index is 5.51. The summed E-state index contributed by atoms with van der Waals surface area (Å²) in [6.45, 7) is 7.29. The van der Waals surface area contributed by atoms with Crippen LogP contribution in [0.25, 0.3) is 0 Å². The highest BCUT2D eigenvalue weighted by atomic mass is 79.9. The smallest absolute Gasteiger partial charge is 0.183 e. The molecule has 0 unspecified atom stereocenters. The lowest BCUT2D eigenvalue weighted by atomic mass is 9.93. The van der Waals surface area contributed by atoms with Crippen molar-refractivity contribution in [2.45, 2.75) is 20.4 Å². The van der Waals surface area contributed by atoms with E-state index in [2.05, 4.69) is 70.0 Å². The first-order valence-electron chi connectivity index (χ1n) is 5.59. The van der Waals surface area contributed by atoms with E-state index in [4.69, 9.17) is 4.42 Å².